The van der Waals surface area contributed by atoms with Gasteiger partial charge >= 0.3 is 0 Å². The zero-order valence-corrected chi connectivity index (χ0v) is 24.2. The maximum Gasteiger partial charge on any atom is 0.251 e. The number of piperidine rings is 1. The van der Waals surface area contributed by atoms with Crippen molar-refractivity contribution in [2.75, 3.05) is 92.9 Å². The number of nitrogens with one attached hydrogen (secondary N) is 3. The first kappa shape index (κ1) is 31.7. The molecule has 3 aliphatic rings. The molecule has 3 rings (SSSR count). The molecule has 3 N–H and O–H groups in total. The lowest BCUT2D eigenvalue weighted by Gasteiger charge is -2.33. The van der Waals surface area contributed by atoms with Gasteiger partial charge in [0.2, 0.25) is 11.8 Å². The van der Waals surface area contributed by atoms with Crippen molar-refractivity contribution < 1.29 is 28.7 Å². The summed E-state index contributed by atoms with van der Waals surface area (Å²) >= 11 is 0. The van der Waals surface area contributed by atoms with Crippen molar-refractivity contribution in [2.24, 2.45) is 5.92 Å². The molecule has 224 valence electrons. The Hall–Kier alpha value is -2.80. The molecule has 12 heteroatoms. The standard InChI is InChI=1S/C28H46N6O6/c1-21-6-7-23(22(20-35)26(21)28(38)33(3)24-5-4-8-30-27(24)37)31-19-25(36)29-9-15-39-17-18-40-16-14-34-12-10-32(2)11-13-34/h7,20-21,24,31H,4-6,8-19H2,1-3H3,(H,29,36)(H,30,37). The Labute approximate surface area is 237 Å². The predicted molar refractivity (Wildman–Crippen MR) is 150 cm³/mol. The number of carbonyl (C=O) groups excluding carboxylic acids is 4. The number of likely N-dealkylation sites (N-methyl/N-ethyl adjacent to an activating group) is 2. The average molecular weight is 563 g/mol. The monoisotopic (exact) mass is 562 g/mol. The van der Waals surface area contributed by atoms with Gasteiger partial charge < -0.3 is 35.2 Å². The smallest absolute Gasteiger partial charge is 0.251 e. The van der Waals surface area contributed by atoms with E-state index in [0.29, 0.717) is 69.9 Å². The summed E-state index contributed by atoms with van der Waals surface area (Å²) in [5.74, 6) is -0.953. The Kier molecular flexibility index (Phi) is 13.1. The average Bonchev–Trinajstić information content (AvgIpc) is 2.95. The summed E-state index contributed by atoms with van der Waals surface area (Å²) in [4.78, 5) is 56.2. The first-order chi connectivity index (χ1) is 19.3. The van der Waals surface area contributed by atoms with Crippen LogP contribution in [0, 0.1) is 5.92 Å². The summed E-state index contributed by atoms with van der Waals surface area (Å²) in [7, 11) is 3.74. The second kappa shape index (κ2) is 16.5. The SMILES string of the molecule is CC1CC=C(NCC(=O)NCCOCCOCCN2CCN(C)CC2)C(C=O)=C1C(=O)N(C)C1CCCNC1=O. The molecule has 12 nitrogen and oxygen atoms in total. The molecule has 2 unspecified atom stereocenters. The fourth-order valence-corrected chi connectivity index (χ4v) is 5.10. The van der Waals surface area contributed by atoms with E-state index < -0.39 is 6.04 Å². The van der Waals surface area contributed by atoms with Crippen molar-refractivity contribution >= 4 is 24.0 Å². The minimum atomic E-state index is -0.558. The highest BCUT2D eigenvalue weighted by Crippen LogP contribution is 2.30. The number of nitrogens with zero attached hydrogens (tertiary/aromatic N) is 3. The molecule has 1 aliphatic carbocycles. The van der Waals surface area contributed by atoms with Gasteiger partial charge in [0.25, 0.3) is 5.91 Å². The summed E-state index contributed by atoms with van der Waals surface area (Å²) in [5, 5.41) is 8.58. The molecule has 0 saturated carbocycles. The number of rotatable bonds is 15. The van der Waals surface area contributed by atoms with Gasteiger partial charge in [-0.3, -0.25) is 24.1 Å². The number of amides is 3. The molecule has 0 aromatic heterocycles. The van der Waals surface area contributed by atoms with Crippen LogP contribution in [0.4, 0.5) is 0 Å². The van der Waals surface area contributed by atoms with Crippen LogP contribution < -0.4 is 16.0 Å². The highest BCUT2D eigenvalue weighted by Gasteiger charge is 2.34. The fourth-order valence-electron chi connectivity index (χ4n) is 5.10. The van der Waals surface area contributed by atoms with Crippen molar-refractivity contribution in [2.45, 2.75) is 32.2 Å². The quantitative estimate of drug-likeness (QED) is 0.172. The Morgan fingerprint density at radius 2 is 1.88 bits per heavy atom. The molecule has 2 atom stereocenters. The zero-order chi connectivity index (χ0) is 28.9. The number of ether oxygens (including phenoxy) is 2. The summed E-state index contributed by atoms with van der Waals surface area (Å²) < 4.78 is 11.2. The largest absolute Gasteiger partial charge is 0.378 e. The van der Waals surface area contributed by atoms with Gasteiger partial charge in [0.1, 0.15) is 6.04 Å². The molecular weight excluding hydrogens is 516 g/mol. The topological polar surface area (TPSA) is 133 Å². The van der Waals surface area contributed by atoms with E-state index in [1.165, 1.54) is 4.90 Å². The molecule has 2 fully saturated rings. The predicted octanol–water partition coefficient (Wildman–Crippen LogP) is -0.871. The normalized spacial score (nSPS) is 22.4. The maximum atomic E-state index is 13.3. The van der Waals surface area contributed by atoms with E-state index in [4.69, 9.17) is 9.47 Å². The molecule has 0 aromatic rings. The van der Waals surface area contributed by atoms with E-state index in [2.05, 4.69) is 32.8 Å². The Bertz CT molecular complexity index is 946. The molecule has 2 aliphatic heterocycles. The number of aldehydes is 1. The van der Waals surface area contributed by atoms with E-state index in [0.717, 1.165) is 39.1 Å². The van der Waals surface area contributed by atoms with Crippen LogP contribution in [-0.2, 0) is 28.7 Å². The van der Waals surface area contributed by atoms with Crippen molar-refractivity contribution in [3.05, 3.63) is 22.9 Å². The van der Waals surface area contributed by atoms with Crippen LogP contribution in [0.1, 0.15) is 26.2 Å². The maximum absolute atomic E-state index is 13.3. The Morgan fingerprint density at radius 1 is 1.15 bits per heavy atom. The van der Waals surface area contributed by atoms with Gasteiger partial charge in [0.15, 0.2) is 6.29 Å². The molecule has 2 saturated heterocycles. The van der Waals surface area contributed by atoms with Gasteiger partial charge in [-0.2, -0.15) is 0 Å². The lowest BCUT2D eigenvalue weighted by molar-refractivity contribution is -0.138. The first-order valence-corrected chi connectivity index (χ1v) is 14.3. The number of carbonyl (C=O) groups is 4. The van der Waals surface area contributed by atoms with Gasteiger partial charge in [-0.05, 0) is 32.2 Å². The molecule has 0 spiro atoms. The van der Waals surface area contributed by atoms with Crippen molar-refractivity contribution in [1.82, 2.24) is 30.7 Å². The van der Waals surface area contributed by atoms with Crippen LogP contribution in [0.25, 0.3) is 0 Å². The molecule has 3 amide bonds. The van der Waals surface area contributed by atoms with Crippen LogP contribution in [-0.4, -0.2) is 138 Å². The van der Waals surface area contributed by atoms with Gasteiger partial charge in [-0.25, -0.2) is 0 Å². The molecular formula is C28H46N6O6. The molecule has 2 heterocycles. The second-order valence-electron chi connectivity index (χ2n) is 10.6. The molecule has 40 heavy (non-hydrogen) atoms. The third-order valence-corrected chi connectivity index (χ3v) is 7.67. The van der Waals surface area contributed by atoms with Crippen molar-refractivity contribution in [3.8, 4) is 0 Å². The van der Waals surface area contributed by atoms with Crippen LogP contribution in [0.3, 0.4) is 0 Å². The Balaban J connectivity index is 1.34. The number of piperazine rings is 1. The summed E-state index contributed by atoms with van der Waals surface area (Å²) in [5.41, 5.74) is 1.05. The third kappa shape index (κ3) is 9.39. The van der Waals surface area contributed by atoms with Crippen molar-refractivity contribution in [1.29, 1.82) is 0 Å². The van der Waals surface area contributed by atoms with Gasteiger partial charge in [-0.1, -0.05) is 13.0 Å². The number of hydrogen-bond donors (Lipinski definition) is 3. The van der Waals surface area contributed by atoms with E-state index in [9.17, 15) is 19.2 Å². The number of hydrogen-bond acceptors (Lipinski definition) is 9. The van der Waals surface area contributed by atoms with Gasteiger partial charge in [0.05, 0.1) is 33.0 Å². The minimum Gasteiger partial charge on any atom is -0.378 e. The van der Waals surface area contributed by atoms with E-state index in [1.807, 2.05) is 13.0 Å². The lowest BCUT2D eigenvalue weighted by Crippen LogP contribution is -2.51. The minimum absolute atomic E-state index is 0.0463. The summed E-state index contributed by atoms with van der Waals surface area (Å²) in [6.07, 6.45) is 4.40. The van der Waals surface area contributed by atoms with Crippen LogP contribution in [0.15, 0.2) is 22.9 Å². The Morgan fingerprint density at radius 3 is 2.58 bits per heavy atom. The van der Waals surface area contributed by atoms with Crippen molar-refractivity contribution in [3.63, 3.8) is 0 Å². The summed E-state index contributed by atoms with van der Waals surface area (Å²) in [6.45, 7) is 10.1. The molecule has 0 radical (unpaired) electrons. The lowest BCUT2D eigenvalue weighted by atomic mass is 9.85. The highest BCUT2D eigenvalue weighted by molar-refractivity contribution is 6.03. The van der Waals surface area contributed by atoms with Crippen LogP contribution >= 0.6 is 0 Å². The van der Waals surface area contributed by atoms with Crippen LogP contribution in [0.5, 0.6) is 0 Å². The molecule has 0 bridgehead atoms. The first-order valence-electron chi connectivity index (χ1n) is 14.3. The third-order valence-electron chi connectivity index (χ3n) is 7.67. The molecule has 0 aromatic carbocycles. The summed E-state index contributed by atoms with van der Waals surface area (Å²) in [6, 6.07) is -0.558. The van der Waals surface area contributed by atoms with E-state index in [1.54, 1.807) is 7.05 Å². The second-order valence-corrected chi connectivity index (χ2v) is 10.6. The van der Waals surface area contributed by atoms with Gasteiger partial charge in [-0.15, -0.1) is 0 Å². The zero-order valence-electron chi connectivity index (χ0n) is 24.2. The van der Waals surface area contributed by atoms with E-state index in [-0.39, 0.29) is 35.8 Å². The van der Waals surface area contributed by atoms with E-state index >= 15 is 0 Å². The fraction of sp³-hybridized carbons (Fsp3) is 0.714. The number of allylic oxidation sites excluding steroid dienone is 2. The van der Waals surface area contributed by atoms with Gasteiger partial charge in [0, 0.05) is 69.7 Å². The van der Waals surface area contributed by atoms with Crippen LogP contribution in [0.2, 0.25) is 0 Å². The highest BCUT2D eigenvalue weighted by atomic mass is 16.5.